The molecule has 1 aliphatic rings. The van der Waals surface area contributed by atoms with Crippen LogP contribution < -0.4 is 5.32 Å². The van der Waals surface area contributed by atoms with Crippen LogP contribution in [0.25, 0.3) is 0 Å². The van der Waals surface area contributed by atoms with Crippen molar-refractivity contribution < 1.29 is 19.0 Å². The van der Waals surface area contributed by atoms with Gasteiger partial charge in [0, 0.05) is 7.11 Å². The highest BCUT2D eigenvalue weighted by molar-refractivity contribution is 5.82. The van der Waals surface area contributed by atoms with E-state index in [9.17, 15) is 4.79 Å². The van der Waals surface area contributed by atoms with E-state index in [-0.39, 0.29) is 5.97 Å². The van der Waals surface area contributed by atoms with E-state index in [0.717, 1.165) is 12.8 Å². The summed E-state index contributed by atoms with van der Waals surface area (Å²) in [6, 6.07) is 0. The van der Waals surface area contributed by atoms with Crippen molar-refractivity contribution in [2.24, 2.45) is 5.92 Å². The Bertz CT molecular complexity index is 230. The Morgan fingerprint density at radius 2 is 2.06 bits per heavy atom. The lowest BCUT2D eigenvalue weighted by molar-refractivity contribution is -0.153. The minimum absolute atomic E-state index is 0.241. The third-order valence-electron chi connectivity index (χ3n) is 3.03. The quantitative estimate of drug-likeness (QED) is 0.477. The predicted octanol–water partition coefficient (Wildman–Crippen LogP) is 0.191. The summed E-state index contributed by atoms with van der Waals surface area (Å²) in [5, 5.41) is 3.06. The minimum Gasteiger partial charge on any atom is -0.468 e. The molecule has 1 rings (SSSR count). The second kappa shape index (κ2) is 6.18. The lowest BCUT2D eigenvalue weighted by atomic mass is 9.94. The average molecular weight is 231 g/mol. The molecule has 5 heteroatoms. The lowest BCUT2D eigenvalue weighted by Crippen LogP contribution is -2.56. The van der Waals surface area contributed by atoms with Crippen LogP contribution in [0.15, 0.2) is 0 Å². The number of ether oxygens (including phenoxy) is 3. The molecule has 0 aromatic rings. The van der Waals surface area contributed by atoms with Crippen LogP contribution in [0.1, 0.15) is 12.8 Å². The fourth-order valence-electron chi connectivity index (χ4n) is 1.86. The molecule has 0 radical (unpaired) electrons. The van der Waals surface area contributed by atoms with Gasteiger partial charge in [0.25, 0.3) is 0 Å². The Labute approximate surface area is 96.4 Å². The van der Waals surface area contributed by atoms with Crippen molar-refractivity contribution in [1.82, 2.24) is 5.32 Å². The van der Waals surface area contributed by atoms with E-state index in [1.807, 2.05) is 0 Å². The highest BCUT2D eigenvalue weighted by atomic mass is 16.5. The van der Waals surface area contributed by atoms with E-state index < -0.39 is 5.54 Å². The van der Waals surface area contributed by atoms with Gasteiger partial charge in [-0.15, -0.1) is 0 Å². The summed E-state index contributed by atoms with van der Waals surface area (Å²) in [6.07, 6.45) is 2.09. The van der Waals surface area contributed by atoms with Gasteiger partial charge in [0.1, 0.15) is 5.54 Å². The Balaban J connectivity index is 2.52. The summed E-state index contributed by atoms with van der Waals surface area (Å²) in [5.74, 6) is 0.0856. The molecule has 0 spiro atoms. The maximum Gasteiger partial charge on any atom is 0.328 e. The van der Waals surface area contributed by atoms with Crippen molar-refractivity contribution in [2.75, 3.05) is 41.1 Å². The summed E-state index contributed by atoms with van der Waals surface area (Å²) >= 11 is 0. The number of carbonyl (C=O) groups is 1. The number of carbonyl (C=O) groups excluding carboxylic acids is 1. The van der Waals surface area contributed by atoms with E-state index >= 15 is 0 Å². The standard InChI is InChI=1S/C11H21NO4/c1-12-11(9-4-5-9,10(13)15-3)8-16-7-6-14-2/h9,12H,4-8H2,1-3H3. The average Bonchev–Trinajstić information content (AvgIpc) is 3.13. The van der Waals surface area contributed by atoms with Crippen LogP contribution in [0.4, 0.5) is 0 Å². The van der Waals surface area contributed by atoms with Gasteiger partial charge < -0.3 is 19.5 Å². The number of esters is 1. The fraction of sp³-hybridized carbons (Fsp3) is 0.909. The molecule has 5 nitrogen and oxygen atoms in total. The predicted molar refractivity (Wildman–Crippen MR) is 59.2 cm³/mol. The smallest absolute Gasteiger partial charge is 0.328 e. The van der Waals surface area contributed by atoms with Crippen LogP contribution in [-0.2, 0) is 19.0 Å². The Morgan fingerprint density at radius 3 is 2.50 bits per heavy atom. The SMILES string of the molecule is CNC(COCCOC)(C(=O)OC)C1CC1. The first-order valence-electron chi connectivity index (χ1n) is 5.55. The summed E-state index contributed by atoms with van der Waals surface area (Å²) in [6.45, 7) is 1.36. The van der Waals surface area contributed by atoms with E-state index in [1.165, 1.54) is 7.11 Å². The number of hydrogen-bond acceptors (Lipinski definition) is 5. The van der Waals surface area contributed by atoms with E-state index in [0.29, 0.717) is 25.7 Å². The first-order chi connectivity index (χ1) is 7.71. The molecular formula is C11H21NO4. The van der Waals surface area contributed by atoms with Crippen molar-refractivity contribution in [3.63, 3.8) is 0 Å². The maximum absolute atomic E-state index is 11.8. The summed E-state index contributed by atoms with van der Waals surface area (Å²) in [4.78, 5) is 11.8. The van der Waals surface area contributed by atoms with Crippen LogP contribution in [0, 0.1) is 5.92 Å². The van der Waals surface area contributed by atoms with Gasteiger partial charge in [0.2, 0.25) is 0 Å². The molecule has 1 atom stereocenters. The zero-order valence-electron chi connectivity index (χ0n) is 10.2. The topological polar surface area (TPSA) is 56.8 Å². The molecule has 0 bridgehead atoms. The number of likely N-dealkylation sites (N-methyl/N-ethyl adjacent to an activating group) is 1. The van der Waals surface area contributed by atoms with Crippen LogP contribution in [-0.4, -0.2) is 52.6 Å². The lowest BCUT2D eigenvalue weighted by Gasteiger charge is -2.30. The Morgan fingerprint density at radius 1 is 1.38 bits per heavy atom. The van der Waals surface area contributed by atoms with Crippen molar-refractivity contribution in [1.29, 1.82) is 0 Å². The summed E-state index contributed by atoms with van der Waals surface area (Å²) < 4.78 is 15.2. The van der Waals surface area contributed by atoms with Gasteiger partial charge in [-0.2, -0.15) is 0 Å². The van der Waals surface area contributed by atoms with Crippen LogP contribution in [0.5, 0.6) is 0 Å². The fourth-order valence-corrected chi connectivity index (χ4v) is 1.86. The largest absolute Gasteiger partial charge is 0.468 e. The molecule has 0 aromatic carbocycles. The highest BCUT2D eigenvalue weighted by Crippen LogP contribution is 2.40. The van der Waals surface area contributed by atoms with Crippen molar-refractivity contribution in [2.45, 2.75) is 18.4 Å². The second-order valence-corrected chi connectivity index (χ2v) is 4.03. The zero-order chi connectivity index (χ0) is 12.0. The molecule has 1 aliphatic carbocycles. The van der Waals surface area contributed by atoms with Gasteiger partial charge in [-0.1, -0.05) is 0 Å². The monoisotopic (exact) mass is 231 g/mol. The Hall–Kier alpha value is -0.650. The molecule has 1 N–H and O–H groups in total. The highest BCUT2D eigenvalue weighted by Gasteiger charge is 2.51. The first-order valence-corrected chi connectivity index (χ1v) is 5.55. The van der Waals surface area contributed by atoms with Crippen molar-refractivity contribution in [3.05, 3.63) is 0 Å². The number of hydrogen-bond donors (Lipinski definition) is 1. The van der Waals surface area contributed by atoms with Crippen molar-refractivity contribution >= 4 is 5.97 Å². The first kappa shape index (κ1) is 13.4. The maximum atomic E-state index is 11.8. The third kappa shape index (κ3) is 2.93. The van der Waals surface area contributed by atoms with Gasteiger partial charge in [-0.05, 0) is 25.8 Å². The third-order valence-corrected chi connectivity index (χ3v) is 3.03. The van der Waals surface area contributed by atoms with Gasteiger partial charge in [-0.3, -0.25) is 0 Å². The van der Waals surface area contributed by atoms with E-state index in [4.69, 9.17) is 14.2 Å². The number of nitrogens with one attached hydrogen (secondary N) is 1. The molecule has 0 saturated heterocycles. The molecule has 94 valence electrons. The van der Waals surface area contributed by atoms with Gasteiger partial charge in [-0.25, -0.2) is 4.79 Å². The molecule has 1 fully saturated rings. The second-order valence-electron chi connectivity index (χ2n) is 4.03. The molecular weight excluding hydrogens is 210 g/mol. The molecule has 0 heterocycles. The zero-order valence-corrected chi connectivity index (χ0v) is 10.2. The van der Waals surface area contributed by atoms with E-state index in [1.54, 1.807) is 14.2 Å². The normalized spacial score (nSPS) is 19.2. The van der Waals surface area contributed by atoms with Gasteiger partial charge in [0.05, 0.1) is 26.9 Å². The van der Waals surface area contributed by atoms with Crippen LogP contribution in [0.2, 0.25) is 0 Å². The molecule has 16 heavy (non-hydrogen) atoms. The number of methoxy groups -OCH3 is 2. The molecule has 0 aromatic heterocycles. The van der Waals surface area contributed by atoms with Crippen molar-refractivity contribution in [3.8, 4) is 0 Å². The summed E-state index contributed by atoms with van der Waals surface area (Å²) in [7, 11) is 4.80. The van der Waals surface area contributed by atoms with Crippen LogP contribution >= 0.6 is 0 Å². The number of rotatable bonds is 8. The van der Waals surface area contributed by atoms with Gasteiger partial charge in [0.15, 0.2) is 0 Å². The molecule has 0 amide bonds. The molecule has 1 saturated carbocycles. The van der Waals surface area contributed by atoms with E-state index in [2.05, 4.69) is 5.32 Å². The summed E-state index contributed by atoms with van der Waals surface area (Å²) in [5.41, 5.74) is -0.678. The van der Waals surface area contributed by atoms with Gasteiger partial charge >= 0.3 is 5.97 Å². The molecule has 0 aliphatic heterocycles. The minimum atomic E-state index is -0.678. The Kier molecular flexibility index (Phi) is 5.18. The molecule has 1 unspecified atom stereocenters. The van der Waals surface area contributed by atoms with Crippen LogP contribution in [0.3, 0.4) is 0 Å².